The van der Waals surface area contributed by atoms with Crippen molar-refractivity contribution in [3.63, 3.8) is 0 Å². The van der Waals surface area contributed by atoms with E-state index in [2.05, 4.69) is 5.32 Å². The summed E-state index contributed by atoms with van der Waals surface area (Å²) in [5.74, 6) is -1.86. The minimum absolute atomic E-state index is 0.00847. The first-order valence-corrected chi connectivity index (χ1v) is 13.4. The summed E-state index contributed by atoms with van der Waals surface area (Å²) in [5, 5.41) is 3.58. The fourth-order valence-electron chi connectivity index (χ4n) is 3.79. The third kappa shape index (κ3) is 5.63. The molecule has 2 unspecified atom stereocenters. The van der Waals surface area contributed by atoms with Crippen molar-refractivity contribution in [1.29, 1.82) is 0 Å². The Morgan fingerprint density at radius 2 is 1.77 bits per heavy atom. The van der Waals surface area contributed by atoms with Crippen molar-refractivity contribution < 1.29 is 22.8 Å². The van der Waals surface area contributed by atoms with E-state index in [0.29, 0.717) is 26.3 Å². The van der Waals surface area contributed by atoms with E-state index in [1.54, 1.807) is 25.1 Å². The van der Waals surface area contributed by atoms with Crippen LogP contribution in [-0.4, -0.2) is 54.0 Å². The maximum atomic E-state index is 13.5. The van der Waals surface area contributed by atoms with Gasteiger partial charge >= 0.3 is 0 Å². The van der Waals surface area contributed by atoms with Crippen LogP contribution in [0.25, 0.3) is 0 Å². The zero-order valence-corrected chi connectivity index (χ0v) is 22.0. The number of hydrogen-bond acceptors (Lipinski definition) is 5. The van der Waals surface area contributed by atoms with Crippen LogP contribution >= 0.6 is 23.2 Å². The predicted octanol–water partition coefficient (Wildman–Crippen LogP) is 3.86. The number of hydrogen-bond donors (Lipinski definition) is 1. The SMILES string of the molecule is CCC(C)NC(=O)C(CC)N(Cc1ccc(Cl)cc1Cl)C(=O)CN1C(=O)c2ccccc2S1(=O)=O. The molecule has 2 aromatic carbocycles. The van der Waals surface area contributed by atoms with Gasteiger partial charge in [-0.25, -0.2) is 12.7 Å². The van der Waals surface area contributed by atoms with Crippen LogP contribution in [0.3, 0.4) is 0 Å². The van der Waals surface area contributed by atoms with E-state index in [1.807, 2.05) is 13.8 Å². The molecule has 3 rings (SSSR count). The molecule has 0 aliphatic carbocycles. The van der Waals surface area contributed by atoms with Gasteiger partial charge in [-0.15, -0.1) is 0 Å². The molecule has 8 nitrogen and oxygen atoms in total. The topological polar surface area (TPSA) is 104 Å². The van der Waals surface area contributed by atoms with Gasteiger partial charge in [-0.3, -0.25) is 14.4 Å². The number of fused-ring (bicyclic) bond motifs is 1. The van der Waals surface area contributed by atoms with Gasteiger partial charge in [0.15, 0.2) is 0 Å². The van der Waals surface area contributed by atoms with Gasteiger partial charge in [0.05, 0.1) is 5.56 Å². The number of carbonyl (C=O) groups is 3. The van der Waals surface area contributed by atoms with E-state index in [9.17, 15) is 22.8 Å². The molecule has 2 aromatic rings. The van der Waals surface area contributed by atoms with Crippen LogP contribution in [0, 0.1) is 0 Å². The van der Waals surface area contributed by atoms with Gasteiger partial charge in [-0.2, -0.15) is 0 Å². The van der Waals surface area contributed by atoms with Crippen LogP contribution in [0.4, 0.5) is 0 Å². The summed E-state index contributed by atoms with van der Waals surface area (Å²) in [6, 6.07) is 9.52. The van der Waals surface area contributed by atoms with Crippen molar-refractivity contribution in [2.24, 2.45) is 0 Å². The van der Waals surface area contributed by atoms with Crippen LogP contribution in [0.2, 0.25) is 10.0 Å². The molecule has 35 heavy (non-hydrogen) atoms. The molecule has 0 saturated heterocycles. The van der Waals surface area contributed by atoms with Crippen LogP contribution in [-0.2, 0) is 26.2 Å². The lowest BCUT2D eigenvalue weighted by Crippen LogP contribution is -2.53. The highest BCUT2D eigenvalue weighted by Gasteiger charge is 2.43. The number of amides is 3. The predicted molar refractivity (Wildman–Crippen MR) is 134 cm³/mol. The van der Waals surface area contributed by atoms with Crippen LogP contribution in [0.5, 0.6) is 0 Å². The highest BCUT2D eigenvalue weighted by Crippen LogP contribution is 2.30. The minimum atomic E-state index is -4.19. The van der Waals surface area contributed by atoms with Crippen molar-refractivity contribution in [3.8, 4) is 0 Å². The van der Waals surface area contributed by atoms with Gasteiger partial charge in [0.1, 0.15) is 17.5 Å². The second-order valence-electron chi connectivity index (χ2n) is 8.31. The third-order valence-corrected chi connectivity index (χ3v) is 8.31. The molecule has 11 heteroatoms. The number of carbonyl (C=O) groups excluding carboxylic acids is 3. The fourth-order valence-corrected chi connectivity index (χ4v) is 5.78. The van der Waals surface area contributed by atoms with Gasteiger partial charge < -0.3 is 10.2 Å². The minimum Gasteiger partial charge on any atom is -0.352 e. The van der Waals surface area contributed by atoms with Crippen molar-refractivity contribution in [1.82, 2.24) is 14.5 Å². The van der Waals surface area contributed by atoms with E-state index in [1.165, 1.54) is 29.2 Å². The lowest BCUT2D eigenvalue weighted by atomic mass is 10.1. The average molecular weight is 540 g/mol. The van der Waals surface area contributed by atoms with Gasteiger partial charge in [-0.05, 0) is 49.6 Å². The van der Waals surface area contributed by atoms with Gasteiger partial charge in [-0.1, -0.05) is 55.2 Å². The Hall–Kier alpha value is -2.62. The molecule has 1 aliphatic heterocycles. The largest absolute Gasteiger partial charge is 0.352 e. The summed E-state index contributed by atoms with van der Waals surface area (Å²) in [6.07, 6.45) is 0.956. The number of nitrogens with zero attached hydrogens (tertiary/aromatic N) is 2. The number of rotatable bonds is 9. The summed E-state index contributed by atoms with van der Waals surface area (Å²) in [4.78, 5) is 40.6. The zero-order chi connectivity index (χ0) is 25.9. The molecule has 1 heterocycles. The number of halogens is 2. The molecule has 0 bridgehead atoms. The molecular weight excluding hydrogens is 513 g/mol. The maximum Gasteiger partial charge on any atom is 0.269 e. The molecule has 0 aromatic heterocycles. The van der Waals surface area contributed by atoms with Crippen LogP contribution < -0.4 is 5.32 Å². The zero-order valence-electron chi connectivity index (χ0n) is 19.6. The molecule has 0 saturated carbocycles. The lowest BCUT2D eigenvalue weighted by molar-refractivity contribution is -0.141. The Bertz CT molecular complexity index is 1250. The van der Waals surface area contributed by atoms with Gasteiger partial charge in [0.2, 0.25) is 11.8 Å². The quantitative estimate of drug-likeness (QED) is 0.520. The Labute approximate surface area is 215 Å². The first kappa shape index (κ1) is 27.0. The van der Waals surface area contributed by atoms with E-state index in [-0.39, 0.29) is 35.4 Å². The van der Waals surface area contributed by atoms with Crippen LogP contribution in [0.1, 0.15) is 49.5 Å². The smallest absolute Gasteiger partial charge is 0.269 e. The van der Waals surface area contributed by atoms with E-state index in [4.69, 9.17) is 23.2 Å². The molecular formula is C24H27Cl2N3O5S. The lowest BCUT2D eigenvalue weighted by Gasteiger charge is -2.32. The highest BCUT2D eigenvalue weighted by molar-refractivity contribution is 7.90. The number of nitrogens with one attached hydrogen (secondary N) is 1. The Kier molecular flexibility index (Phi) is 8.46. The van der Waals surface area contributed by atoms with Gasteiger partial charge in [0, 0.05) is 22.6 Å². The summed E-state index contributed by atoms with van der Waals surface area (Å²) in [7, 11) is -4.19. The Morgan fingerprint density at radius 1 is 1.09 bits per heavy atom. The highest BCUT2D eigenvalue weighted by atomic mass is 35.5. The van der Waals surface area contributed by atoms with E-state index < -0.39 is 34.4 Å². The summed E-state index contributed by atoms with van der Waals surface area (Å²) < 4.78 is 26.5. The van der Waals surface area contributed by atoms with E-state index >= 15 is 0 Å². The summed E-state index contributed by atoms with van der Waals surface area (Å²) in [5.41, 5.74) is 0.534. The normalized spacial score (nSPS) is 15.9. The Balaban J connectivity index is 1.95. The van der Waals surface area contributed by atoms with Crippen molar-refractivity contribution >= 4 is 50.9 Å². The second kappa shape index (κ2) is 11.0. The van der Waals surface area contributed by atoms with Crippen molar-refractivity contribution in [2.75, 3.05) is 6.54 Å². The molecule has 2 atom stereocenters. The van der Waals surface area contributed by atoms with Crippen molar-refractivity contribution in [3.05, 3.63) is 63.6 Å². The molecule has 1 N–H and O–H groups in total. The fraction of sp³-hybridized carbons (Fsp3) is 0.375. The molecule has 3 amide bonds. The average Bonchev–Trinajstić information content (AvgIpc) is 3.00. The third-order valence-electron chi connectivity index (χ3n) is 5.93. The summed E-state index contributed by atoms with van der Waals surface area (Å²) in [6.45, 7) is 4.70. The molecule has 0 fully saturated rings. The molecule has 188 valence electrons. The first-order chi connectivity index (χ1) is 16.5. The maximum absolute atomic E-state index is 13.5. The molecule has 0 radical (unpaired) electrons. The number of sulfonamides is 1. The standard InChI is InChI=1S/C24H27Cl2N3O5S/c1-4-15(3)27-23(31)20(5-2)28(13-16-10-11-17(25)12-19(16)26)22(30)14-29-24(32)18-8-6-7-9-21(18)35(29,33)34/h6-12,15,20H,4-5,13-14H2,1-3H3,(H,27,31). The monoisotopic (exact) mass is 539 g/mol. The second-order valence-corrected chi connectivity index (χ2v) is 11.0. The Morgan fingerprint density at radius 3 is 2.37 bits per heavy atom. The van der Waals surface area contributed by atoms with Crippen LogP contribution in [0.15, 0.2) is 47.4 Å². The van der Waals surface area contributed by atoms with Crippen molar-refractivity contribution in [2.45, 2.75) is 57.1 Å². The van der Waals surface area contributed by atoms with E-state index in [0.717, 1.165) is 0 Å². The number of benzene rings is 2. The first-order valence-electron chi connectivity index (χ1n) is 11.2. The summed E-state index contributed by atoms with van der Waals surface area (Å²) >= 11 is 12.3. The molecule has 1 aliphatic rings. The molecule has 0 spiro atoms. The van der Waals surface area contributed by atoms with Gasteiger partial charge in [0.25, 0.3) is 15.9 Å².